The first kappa shape index (κ1) is 14.4. The number of nitro groups is 1. The first-order valence-electron chi connectivity index (χ1n) is 5.28. The summed E-state index contributed by atoms with van der Waals surface area (Å²) in [6.45, 7) is 1.68. The summed E-state index contributed by atoms with van der Waals surface area (Å²) in [6, 6.07) is 1.18. The lowest BCUT2D eigenvalue weighted by Gasteiger charge is -2.13. The van der Waals surface area contributed by atoms with Crippen LogP contribution in [0.1, 0.15) is 23.7 Å². The van der Waals surface area contributed by atoms with E-state index in [1.165, 1.54) is 0 Å². The van der Waals surface area contributed by atoms with Gasteiger partial charge in [-0.1, -0.05) is 0 Å². The van der Waals surface area contributed by atoms with Crippen molar-refractivity contribution in [3.05, 3.63) is 33.6 Å². The van der Waals surface area contributed by atoms with E-state index in [2.05, 4.69) is 11.2 Å². The number of carbonyl (C=O) groups is 1. The molecule has 1 rings (SSSR count). The Balaban J connectivity index is 3.22. The average molecular weight is 266 g/mol. The van der Waals surface area contributed by atoms with Crippen LogP contribution in [0.4, 0.5) is 15.8 Å². The second-order valence-corrected chi connectivity index (χ2v) is 3.87. The summed E-state index contributed by atoms with van der Waals surface area (Å²) in [5.74, 6) is -0.0382. The van der Waals surface area contributed by atoms with Gasteiger partial charge < -0.3 is 10.4 Å². The third-order valence-electron chi connectivity index (χ3n) is 2.34. The van der Waals surface area contributed by atoms with Crippen LogP contribution in [-0.2, 0) is 0 Å². The number of carboxylic acid groups (broad SMARTS) is 1. The fourth-order valence-corrected chi connectivity index (χ4v) is 1.49. The summed E-state index contributed by atoms with van der Waals surface area (Å²) < 4.78 is 13.6. The van der Waals surface area contributed by atoms with Crippen LogP contribution in [0.2, 0.25) is 0 Å². The Morgan fingerprint density at radius 2 is 2.32 bits per heavy atom. The number of rotatable bonds is 5. The molecular formula is C12H11FN2O4. The molecule has 0 aliphatic rings. The van der Waals surface area contributed by atoms with Gasteiger partial charge in [0, 0.05) is 12.5 Å². The number of hydrogen-bond acceptors (Lipinski definition) is 4. The maximum absolute atomic E-state index is 13.6. The average Bonchev–Trinajstić information content (AvgIpc) is 2.31. The Hall–Kier alpha value is -2.62. The molecule has 0 bridgehead atoms. The molecule has 0 saturated carbocycles. The van der Waals surface area contributed by atoms with Gasteiger partial charge in [0.25, 0.3) is 5.69 Å². The van der Waals surface area contributed by atoms with E-state index < -0.39 is 28.0 Å². The number of halogens is 1. The Labute approximate surface area is 108 Å². The number of nitrogens with zero attached hydrogens (tertiary/aromatic N) is 1. The fourth-order valence-electron chi connectivity index (χ4n) is 1.49. The summed E-state index contributed by atoms with van der Waals surface area (Å²) >= 11 is 0. The zero-order valence-electron chi connectivity index (χ0n) is 10.0. The minimum absolute atomic E-state index is 0.134. The summed E-state index contributed by atoms with van der Waals surface area (Å²) in [7, 11) is 0. The topological polar surface area (TPSA) is 92.5 Å². The number of benzene rings is 1. The standard InChI is InChI=1S/C12H11FN2O4/c1-3-4-7(2)14-10-5-8(12(16)17)11(15(18)19)6-9(10)13/h1,5-7,14H,4H2,2H3,(H,16,17). The Bertz CT molecular complexity index is 566. The Morgan fingerprint density at radius 1 is 1.68 bits per heavy atom. The maximum Gasteiger partial charge on any atom is 0.342 e. The predicted molar refractivity (Wildman–Crippen MR) is 66.5 cm³/mol. The van der Waals surface area contributed by atoms with Crippen molar-refractivity contribution in [2.24, 2.45) is 0 Å². The molecule has 0 radical (unpaired) electrons. The number of nitrogens with one attached hydrogen (secondary N) is 1. The van der Waals surface area contributed by atoms with Crippen molar-refractivity contribution in [2.45, 2.75) is 19.4 Å². The van der Waals surface area contributed by atoms with Crippen molar-refractivity contribution in [3.63, 3.8) is 0 Å². The second kappa shape index (κ2) is 5.82. The highest BCUT2D eigenvalue weighted by Crippen LogP contribution is 2.26. The second-order valence-electron chi connectivity index (χ2n) is 3.87. The Morgan fingerprint density at radius 3 is 2.79 bits per heavy atom. The van der Waals surface area contributed by atoms with Gasteiger partial charge in [-0.05, 0) is 13.0 Å². The molecule has 2 N–H and O–H groups in total. The maximum atomic E-state index is 13.6. The van der Waals surface area contributed by atoms with E-state index in [0.717, 1.165) is 6.07 Å². The van der Waals surface area contributed by atoms with Crippen molar-refractivity contribution in [3.8, 4) is 12.3 Å². The smallest absolute Gasteiger partial charge is 0.342 e. The highest BCUT2D eigenvalue weighted by molar-refractivity contribution is 5.93. The fraction of sp³-hybridized carbons (Fsp3) is 0.250. The number of nitro benzene ring substituents is 1. The van der Waals surface area contributed by atoms with Gasteiger partial charge in [-0.3, -0.25) is 10.1 Å². The molecule has 1 unspecified atom stereocenters. The number of aromatic carboxylic acids is 1. The van der Waals surface area contributed by atoms with Crippen LogP contribution in [0.15, 0.2) is 12.1 Å². The largest absolute Gasteiger partial charge is 0.477 e. The van der Waals surface area contributed by atoms with Gasteiger partial charge in [0.05, 0.1) is 16.7 Å². The molecular weight excluding hydrogens is 255 g/mol. The third-order valence-corrected chi connectivity index (χ3v) is 2.34. The van der Waals surface area contributed by atoms with Gasteiger partial charge in [0.2, 0.25) is 0 Å². The highest BCUT2D eigenvalue weighted by Gasteiger charge is 2.23. The van der Waals surface area contributed by atoms with Gasteiger partial charge in [0.1, 0.15) is 5.56 Å². The molecule has 100 valence electrons. The van der Waals surface area contributed by atoms with Gasteiger partial charge in [-0.15, -0.1) is 12.3 Å². The van der Waals surface area contributed by atoms with Gasteiger partial charge in [-0.25, -0.2) is 9.18 Å². The molecule has 0 spiro atoms. The van der Waals surface area contributed by atoms with Crippen molar-refractivity contribution < 1.29 is 19.2 Å². The van der Waals surface area contributed by atoms with E-state index in [9.17, 15) is 19.3 Å². The highest BCUT2D eigenvalue weighted by atomic mass is 19.1. The number of carboxylic acids is 1. The van der Waals surface area contributed by atoms with E-state index in [1.54, 1.807) is 6.92 Å². The molecule has 0 aromatic heterocycles. The molecule has 0 aliphatic heterocycles. The summed E-state index contributed by atoms with van der Waals surface area (Å²) in [5, 5.41) is 22.2. The van der Waals surface area contributed by atoms with E-state index >= 15 is 0 Å². The lowest BCUT2D eigenvalue weighted by Crippen LogP contribution is -2.16. The van der Waals surface area contributed by atoms with E-state index in [1.807, 2.05) is 0 Å². The van der Waals surface area contributed by atoms with Crippen LogP contribution in [-0.4, -0.2) is 22.0 Å². The summed E-state index contributed by atoms with van der Waals surface area (Å²) in [5.41, 5.74) is -1.51. The first-order valence-corrected chi connectivity index (χ1v) is 5.28. The third kappa shape index (κ3) is 3.42. The van der Waals surface area contributed by atoms with Gasteiger partial charge in [-0.2, -0.15) is 0 Å². The van der Waals surface area contributed by atoms with Crippen LogP contribution in [0.3, 0.4) is 0 Å². The number of hydrogen-bond donors (Lipinski definition) is 2. The predicted octanol–water partition coefficient (Wildman–Crippen LogP) is 2.26. The zero-order valence-corrected chi connectivity index (χ0v) is 10.0. The van der Waals surface area contributed by atoms with Crippen LogP contribution in [0, 0.1) is 28.3 Å². The minimum Gasteiger partial charge on any atom is -0.477 e. The minimum atomic E-state index is -1.50. The molecule has 0 aliphatic carbocycles. The normalized spacial score (nSPS) is 11.4. The monoisotopic (exact) mass is 266 g/mol. The number of anilines is 1. The van der Waals surface area contributed by atoms with Gasteiger partial charge >= 0.3 is 5.97 Å². The van der Waals surface area contributed by atoms with Crippen molar-refractivity contribution in [1.82, 2.24) is 0 Å². The SMILES string of the molecule is C#CCC(C)Nc1cc(C(=O)O)c([N+](=O)[O-])cc1F. The zero-order chi connectivity index (χ0) is 14.6. The van der Waals surface area contributed by atoms with Crippen molar-refractivity contribution in [1.29, 1.82) is 0 Å². The number of terminal acetylenes is 1. The summed E-state index contributed by atoms with van der Waals surface area (Å²) in [6.07, 6.45) is 5.40. The van der Waals surface area contributed by atoms with E-state index in [4.69, 9.17) is 11.5 Å². The Kier molecular flexibility index (Phi) is 4.42. The lowest BCUT2D eigenvalue weighted by atomic mass is 10.1. The lowest BCUT2D eigenvalue weighted by molar-refractivity contribution is -0.385. The molecule has 0 amide bonds. The van der Waals surface area contributed by atoms with Crippen molar-refractivity contribution >= 4 is 17.3 Å². The molecule has 6 nitrogen and oxygen atoms in total. The van der Waals surface area contributed by atoms with E-state index in [0.29, 0.717) is 12.5 Å². The first-order chi connectivity index (χ1) is 8.86. The molecule has 1 aromatic carbocycles. The molecule has 1 aromatic rings. The van der Waals surface area contributed by atoms with Crippen LogP contribution in [0.25, 0.3) is 0 Å². The summed E-state index contributed by atoms with van der Waals surface area (Å²) in [4.78, 5) is 20.6. The quantitative estimate of drug-likeness (QED) is 0.484. The molecule has 1 atom stereocenters. The van der Waals surface area contributed by atoms with Crippen LogP contribution < -0.4 is 5.32 Å². The van der Waals surface area contributed by atoms with Crippen LogP contribution >= 0.6 is 0 Å². The molecule has 0 fully saturated rings. The molecule has 19 heavy (non-hydrogen) atoms. The molecule has 0 saturated heterocycles. The van der Waals surface area contributed by atoms with E-state index in [-0.39, 0.29) is 11.7 Å². The molecule has 7 heteroatoms. The van der Waals surface area contributed by atoms with Crippen LogP contribution in [0.5, 0.6) is 0 Å². The van der Waals surface area contributed by atoms with Gasteiger partial charge in [0.15, 0.2) is 5.82 Å². The van der Waals surface area contributed by atoms with Crippen molar-refractivity contribution in [2.75, 3.05) is 5.32 Å². The molecule has 0 heterocycles.